The highest BCUT2D eigenvalue weighted by atomic mass is 79.9. The minimum atomic E-state index is 0.115. The van der Waals surface area contributed by atoms with Crippen molar-refractivity contribution in [1.82, 2.24) is 4.98 Å². The van der Waals surface area contributed by atoms with Crippen molar-refractivity contribution in [3.05, 3.63) is 49.6 Å². The highest BCUT2D eigenvalue weighted by Gasteiger charge is 2.14. The monoisotopic (exact) mass is 397 g/mol. The van der Waals surface area contributed by atoms with Gasteiger partial charge in [0.05, 0.1) is 10.0 Å². The molecule has 1 aromatic heterocycles. The second-order valence-electron chi connectivity index (χ2n) is 3.78. The molecule has 3 N–H and O–H groups in total. The van der Waals surface area contributed by atoms with Gasteiger partial charge in [-0.1, -0.05) is 34.8 Å². The number of nitrogens with two attached hydrogens (primary N) is 1. The van der Waals surface area contributed by atoms with Crippen LogP contribution in [0.25, 0.3) is 0 Å². The number of quaternary nitrogens is 1. The Balaban J connectivity index is 2.25. The molecule has 0 unspecified atom stereocenters. The Bertz CT molecular complexity index is 620. The molecule has 0 aliphatic carbocycles. The first-order chi connectivity index (χ1) is 9.52. The quantitative estimate of drug-likeness (QED) is 0.465. The fourth-order valence-corrected chi connectivity index (χ4v) is 2.47. The van der Waals surface area contributed by atoms with Gasteiger partial charge < -0.3 is 4.74 Å². The van der Waals surface area contributed by atoms with Gasteiger partial charge in [0.1, 0.15) is 11.8 Å². The van der Waals surface area contributed by atoms with Crippen LogP contribution in [0.5, 0.6) is 5.75 Å². The standard InChI is InChI=1S/C12H8BrCl3N2O2/c13-7-3-10(18-19)11(4-9(7)15)20-5-6-8(14)1-2-17-12(6)16/h1-4,18-19H,5H2/p+1. The van der Waals surface area contributed by atoms with E-state index < -0.39 is 0 Å². The van der Waals surface area contributed by atoms with Crippen molar-refractivity contribution < 1.29 is 15.4 Å². The number of ether oxygens (including phenoxy) is 1. The number of halogens is 4. The zero-order valence-electron chi connectivity index (χ0n) is 9.91. The van der Waals surface area contributed by atoms with Gasteiger partial charge >= 0.3 is 0 Å². The second kappa shape index (κ2) is 6.93. The van der Waals surface area contributed by atoms with Crippen LogP contribution in [0.2, 0.25) is 15.2 Å². The Kier molecular flexibility index (Phi) is 5.49. The molecule has 2 rings (SSSR count). The topological polar surface area (TPSA) is 59.0 Å². The summed E-state index contributed by atoms with van der Waals surface area (Å²) in [6.07, 6.45) is 1.51. The van der Waals surface area contributed by atoms with Crippen LogP contribution in [0.1, 0.15) is 5.56 Å². The average Bonchev–Trinajstić information content (AvgIpc) is 2.41. The molecule has 0 bridgehead atoms. The van der Waals surface area contributed by atoms with Crippen molar-refractivity contribution >= 4 is 56.4 Å². The smallest absolute Gasteiger partial charge is 0.205 e. The summed E-state index contributed by atoms with van der Waals surface area (Å²) < 4.78 is 6.26. The van der Waals surface area contributed by atoms with Crippen LogP contribution in [0.3, 0.4) is 0 Å². The van der Waals surface area contributed by atoms with E-state index in [1.165, 1.54) is 6.20 Å². The van der Waals surface area contributed by atoms with Gasteiger partial charge in [0.25, 0.3) is 0 Å². The van der Waals surface area contributed by atoms with Gasteiger partial charge in [-0.2, -0.15) is 5.48 Å². The molecular formula is C12H9BrCl3N2O2+. The molecule has 0 radical (unpaired) electrons. The second-order valence-corrected chi connectivity index (χ2v) is 5.81. The van der Waals surface area contributed by atoms with Crippen LogP contribution in [-0.2, 0) is 6.61 Å². The van der Waals surface area contributed by atoms with E-state index in [4.69, 9.17) is 39.5 Å². The fraction of sp³-hybridized carbons (Fsp3) is 0.0833. The van der Waals surface area contributed by atoms with Crippen molar-refractivity contribution in [3.63, 3.8) is 0 Å². The molecule has 0 aliphatic heterocycles. The summed E-state index contributed by atoms with van der Waals surface area (Å²) in [4.78, 5) is 3.94. The van der Waals surface area contributed by atoms with Gasteiger partial charge in [-0.3, -0.25) is 0 Å². The third-order valence-corrected chi connectivity index (χ3v) is 4.39. The number of pyridine rings is 1. The fourth-order valence-electron chi connectivity index (χ4n) is 1.49. The normalized spacial score (nSPS) is 10.7. The lowest BCUT2D eigenvalue weighted by Gasteiger charge is -2.11. The maximum atomic E-state index is 9.21. The lowest BCUT2D eigenvalue weighted by atomic mass is 10.3. The summed E-state index contributed by atoms with van der Waals surface area (Å²) in [7, 11) is 0. The molecule has 0 fully saturated rings. The molecule has 0 aliphatic rings. The van der Waals surface area contributed by atoms with Gasteiger partial charge in [-0.15, -0.1) is 0 Å². The summed E-state index contributed by atoms with van der Waals surface area (Å²) in [5, 5.41) is 10.4. The minimum Gasteiger partial charge on any atom is -0.482 e. The lowest BCUT2D eigenvalue weighted by Crippen LogP contribution is -2.73. The van der Waals surface area contributed by atoms with Crippen molar-refractivity contribution in [2.24, 2.45) is 0 Å². The number of aromatic nitrogens is 1. The van der Waals surface area contributed by atoms with E-state index in [-0.39, 0.29) is 11.8 Å². The molecular weight excluding hydrogens is 390 g/mol. The van der Waals surface area contributed by atoms with Gasteiger partial charge in [-0.05, 0) is 22.0 Å². The third kappa shape index (κ3) is 3.55. The molecule has 8 heteroatoms. The summed E-state index contributed by atoms with van der Waals surface area (Å²) in [5.41, 5.74) is 1.99. The first kappa shape index (κ1) is 15.8. The van der Waals surface area contributed by atoms with E-state index in [9.17, 15) is 5.21 Å². The minimum absolute atomic E-state index is 0.115. The Labute approximate surface area is 138 Å². The van der Waals surface area contributed by atoms with Crippen LogP contribution < -0.4 is 10.2 Å². The molecule has 4 nitrogen and oxygen atoms in total. The number of rotatable bonds is 4. The van der Waals surface area contributed by atoms with Crippen molar-refractivity contribution in [2.75, 3.05) is 0 Å². The van der Waals surface area contributed by atoms with Gasteiger partial charge in [-0.25, -0.2) is 10.2 Å². The lowest BCUT2D eigenvalue weighted by molar-refractivity contribution is -0.826. The maximum absolute atomic E-state index is 9.21. The van der Waals surface area contributed by atoms with Crippen LogP contribution in [0.4, 0.5) is 5.69 Å². The predicted molar refractivity (Wildman–Crippen MR) is 81.1 cm³/mol. The SMILES string of the molecule is O[NH2+]c1cc(Br)c(Cl)cc1OCc1c(Cl)ccnc1Cl. The summed E-state index contributed by atoms with van der Waals surface area (Å²) >= 11 is 21.3. The van der Waals surface area contributed by atoms with Gasteiger partial charge in [0.2, 0.25) is 5.69 Å². The third-order valence-electron chi connectivity index (χ3n) is 2.51. The van der Waals surface area contributed by atoms with Crippen LogP contribution >= 0.6 is 50.7 Å². The Hall–Kier alpha value is -0.560. The first-order valence-electron chi connectivity index (χ1n) is 5.41. The molecule has 0 saturated carbocycles. The van der Waals surface area contributed by atoms with E-state index in [0.717, 1.165) is 5.48 Å². The largest absolute Gasteiger partial charge is 0.482 e. The van der Waals surface area contributed by atoms with E-state index in [2.05, 4.69) is 20.9 Å². The van der Waals surface area contributed by atoms with E-state index >= 15 is 0 Å². The highest BCUT2D eigenvalue weighted by molar-refractivity contribution is 9.10. The summed E-state index contributed by atoms with van der Waals surface area (Å²) in [6.45, 7) is 0.115. The molecule has 20 heavy (non-hydrogen) atoms. The highest BCUT2D eigenvalue weighted by Crippen LogP contribution is 2.33. The zero-order valence-corrected chi connectivity index (χ0v) is 13.8. The molecule has 0 spiro atoms. The van der Waals surface area contributed by atoms with Crippen LogP contribution in [-0.4, -0.2) is 10.2 Å². The van der Waals surface area contributed by atoms with Crippen molar-refractivity contribution in [1.29, 1.82) is 0 Å². The maximum Gasteiger partial charge on any atom is 0.205 e. The number of benzene rings is 1. The van der Waals surface area contributed by atoms with Crippen molar-refractivity contribution in [3.8, 4) is 5.75 Å². The molecule has 106 valence electrons. The number of hydrogen-bond donors (Lipinski definition) is 2. The Morgan fingerprint density at radius 1 is 1.25 bits per heavy atom. The van der Waals surface area contributed by atoms with Gasteiger partial charge in [0, 0.05) is 28.4 Å². The van der Waals surface area contributed by atoms with E-state index in [1.54, 1.807) is 18.2 Å². The van der Waals surface area contributed by atoms with Crippen LogP contribution in [0.15, 0.2) is 28.9 Å². The summed E-state index contributed by atoms with van der Waals surface area (Å²) in [5.74, 6) is 0.414. The molecule has 2 aromatic rings. The first-order valence-corrected chi connectivity index (χ1v) is 7.33. The van der Waals surface area contributed by atoms with Crippen LogP contribution in [0, 0.1) is 0 Å². The van der Waals surface area contributed by atoms with Gasteiger partial charge in [0.15, 0.2) is 5.75 Å². The van der Waals surface area contributed by atoms with E-state index in [1.807, 2.05) is 0 Å². The molecule has 1 heterocycles. The number of nitrogens with zero attached hydrogens (tertiary/aromatic N) is 1. The zero-order chi connectivity index (χ0) is 14.7. The Morgan fingerprint density at radius 2 is 2.00 bits per heavy atom. The molecule has 0 amide bonds. The van der Waals surface area contributed by atoms with E-state index in [0.29, 0.717) is 31.5 Å². The summed E-state index contributed by atoms with van der Waals surface area (Å²) in [6, 6.07) is 4.86. The molecule has 0 atom stereocenters. The molecule has 0 saturated heterocycles. The Morgan fingerprint density at radius 3 is 2.65 bits per heavy atom. The molecule has 1 aromatic carbocycles. The average molecular weight is 399 g/mol. The predicted octanol–water partition coefficient (Wildman–Crippen LogP) is 3.97. The number of hydrogen-bond acceptors (Lipinski definition) is 3. The van der Waals surface area contributed by atoms with Crippen molar-refractivity contribution in [2.45, 2.75) is 6.61 Å².